The molecule has 0 saturated heterocycles. The van der Waals surface area contributed by atoms with E-state index in [9.17, 15) is 9.59 Å². The molecular weight excluding hydrogens is 336 g/mol. The number of ether oxygens (including phenoxy) is 4. The molecule has 2 aromatic rings. The Kier molecular flexibility index (Phi) is 3.07. The zero-order valence-electron chi connectivity index (χ0n) is 14.3. The van der Waals surface area contributed by atoms with E-state index in [0.717, 1.165) is 11.1 Å². The Morgan fingerprint density at radius 1 is 1.00 bits per heavy atom. The Bertz CT molecular complexity index is 977. The molecule has 6 heteroatoms. The summed E-state index contributed by atoms with van der Waals surface area (Å²) in [6.45, 7) is 3.62. The lowest BCUT2D eigenvalue weighted by Crippen LogP contribution is -2.27. The van der Waals surface area contributed by atoms with Crippen molar-refractivity contribution in [1.82, 2.24) is 0 Å². The maximum atomic E-state index is 13.3. The van der Waals surface area contributed by atoms with Crippen molar-refractivity contribution in [3.63, 3.8) is 0 Å². The Morgan fingerprint density at radius 2 is 1.65 bits per heavy atom. The number of carbonyl (C=O) groups excluding carboxylic acids is 2. The van der Waals surface area contributed by atoms with Crippen molar-refractivity contribution in [1.29, 1.82) is 0 Å². The first-order valence-electron chi connectivity index (χ1n) is 8.48. The Morgan fingerprint density at radius 3 is 2.38 bits per heavy atom. The lowest BCUT2D eigenvalue weighted by atomic mass is 9.70. The first-order chi connectivity index (χ1) is 12.6. The van der Waals surface area contributed by atoms with Gasteiger partial charge in [0.2, 0.25) is 13.6 Å². The first-order valence-corrected chi connectivity index (χ1v) is 8.48. The number of ketones is 2. The van der Waals surface area contributed by atoms with Crippen LogP contribution in [0.15, 0.2) is 24.3 Å². The van der Waals surface area contributed by atoms with Gasteiger partial charge in [0.25, 0.3) is 0 Å². The minimum absolute atomic E-state index is 0.0374. The van der Waals surface area contributed by atoms with Crippen molar-refractivity contribution in [3.05, 3.63) is 46.5 Å². The molecule has 2 heterocycles. The summed E-state index contributed by atoms with van der Waals surface area (Å²) >= 11 is 0. The predicted molar refractivity (Wildman–Crippen MR) is 90.3 cm³/mol. The second kappa shape index (κ2) is 5.24. The zero-order valence-corrected chi connectivity index (χ0v) is 14.3. The van der Waals surface area contributed by atoms with Gasteiger partial charge in [-0.05, 0) is 30.7 Å². The summed E-state index contributed by atoms with van der Waals surface area (Å²) in [4.78, 5) is 25.6. The van der Waals surface area contributed by atoms with Crippen LogP contribution in [0.1, 0.15) is 46.8 Å². The summed E-state index contributed by atoms with van der Waals surface area (Å²) in [6.07, 6.45) is 0. The topological polar surface area (TPSA) is 71.1 Å². The Labute approximate surface area is 149 Å². The molecule has 2 unspecified atom stereocenters. The fourth-order valence-electron chi connectivity index (χ4n) is 4.03. The highest BCUT2D eigenvalue weighted by Gasteiger charge is 2.42. The molecule has 0 spiro atoms. The van der Waals surface area contributed by atoms with E-state index >= 15 is 0 Å². The number of benzene rings is 2. The van der Waals surface area contributed by atoms with Crippen LogP contribution in [0.25, 0.3) is 0 Å². The van der Waals surface area contributed by atoms with Crippen LogP contribution in [-0.4, -0.2) is 25.2 Å². The molecule has 0 saturated carbocycles. The summed E-state index contributed by atoms with van der Waals surface area (Å²) in [7, 11) is 0. The second-order valence-corrected chi connectivity index (χ2v) is 6.73. The molecule has 26 heavy (non-hydrogen) atoms. The van der Waals surface area contributed by atoms with Crippen molar-refractivity contribution in [3.8, 4) is 23.0 Å². The van der Waals surface area contributed by atoms with Gasteiger partial charge in [-0.3, -0.25) is 9.59 Å². The third-order valence-electron chi connectivity index (χ3n) is 5.41. The van der Waals surface area contributed by atoms with Crippen LogP contribution in [0.4, 0.5) is 0 Å². The molecule has 0 bridgehead atoms. The van der Waals surface area contributed by atoms with Gasteiger partial charge in [-0.1, -0.05) is 13.0 Å². The standard InChI is InChI=1S/C20H16O6/c1-9(10(2)21)15-11-3-5-14-20(26-8-24-14)17(11)18(22)12-4-6-13-19(16(12)15)25-7-23-13/h3-6,9,15H,7-8H2,1-2H3. The highest BCUT2D eigenvalue weighted by Crippen LogP contribution is 2.53. The van der Waals surface area contributed by atoms with Gasteiger partial charge >= 0.3 is 0 Å². The molecular formula is C20H16O6. The Hall–Kier alpha value is -3.02. The SMILES string of the molecule is CC(=O)C(C)C1c2ccc3c(c2C(=O)c2ccc4c(c21)OCO4)OCO3. The van der Waals surface area contributed by atoms with Crippen molar-refractivity contribution in [2.75, 3.05) is 13.6 Å². The number of Topliss-reactive ketones (excluding diaryl/α,β-unsaturated/α-hetero) is 1. The molecule has 2 aliphatic heterocycles. The highest BCUT2D eigenvalue weighted by atomic mass is 16.7. The molecule has 0 radical (unpaired) electrons. The van der Waals surface area contributed by atoms with E-state index in [1.165, 1.54) is 0 Å². The normalized spacial score (nSPS) is 19.8. The van der Waals surface area contributed by atoms with Gasteiger partial charge in [-0.15, -0.1) is 0 Å². The molecule has 0 amide bonds. The van der Waals surface area contributed by atoms with Gasteiger partial charge in [0, 0.05) is 23.0 Å². The predicted octanol–water partition coefficient (Wildman–Crippen LogP) is 3.05. The van der Waals surface area contributed by atoms with E-state index in [0.29, 0.717) is 34.1 Å². The maximum absolute atomic E-state index is 13.3. The summed E-state index contributed by atoms with van der Waals surface area (Å²) < 4.78 is 22.2. The van der Waals surface area contributed by atoms with Crippen LogP contribution in [-0.2, 0) is 4.79 Å². The minimum Gasteiger partial charge on any atom is -0.454 e. The molecule has 0 aromatic heterocycles. The average Bonchev–Trinajstić information content (AvgIpc) is 3.29. The van der Waals surface area contributed by atoms with Crippen molar-refractivity contribution < 1.29 is 28.5 Å². The first kappa shape index (κ1) is 15.3. The smallest absolute Gasteiger partial charge is 0.231 e. The summed E-state index contributed by atoms with van der Waals surface area (Å²) in [5.74, 6) is 1.39. The van der Waals surface area contributed by atoms with E-state index in [2.05, 4.69) is 0 Å². The fraction of sp³-hybridized carbons (Fsp3) is 0.300. The second-order valence-electron chi connectivity index (χ2n) is 6.73. The maximum Gasteiger partial charge on any atom is 0.231 e. The van der Waals surface area contributed by atoms with Crippen LogP contribution in [0, 0.1) is 5.92 Å². The van der Waals surface area contributed by atoms with Crippen LogP contribution < -0.4 is 18.9 Å². The van der Waals surface area contributed by atoms with Gasteiger partial charge in [0.1, 0.15) is 5.78 Å². The van der Waals surface area contributed by atoms with Gasteiger partial charge in [-0.2, -0.15) is 0 Å². The lowest BCUT2D eigenvalue weighted by molar-refractivity contribution is -0.120. The third-order valence-corrected chi connectivity index (χ3v) is 5.41. The quantitative estimate of drug-likeness (QED) is 0.827. The van der Waals surface area contributed by atoms with Gasteiger partial charge < -0.3 is 18.9 Å². The molecule has 0 fully saturated rings. The van der Waals surface area contributed by atoms with Crippen LogP contribution in [0.3, 0.4) is 0 Å². The van der Waals surface area contributed by atoms with E-state index in [4.69, 9.17) is 18.9 Å². The van der Waals surface area contributed by atoms with Crippen LogP contribution in [0.5, 0.6) is 23.0 Å². The molecule has 2 atom stereocenters. The summed E-state index contributed by atoms with van der Waals surface area (Å²) in [5, 5.41) is 0. The number of carbonyl (C=O) groups is 2. The monoisotopic (exact) mass is 352 g/mol. The van der Waals surface area contributed by atoms with Crippen LogP contribution >= 0.6 is 0 Å². The molecule has 3 aliphatic rings. The van der Waals surface area contributed by atoms with Crippen molar-refractivity contribution in [2.24, 2.45) is 5.92 Å². The third kappa shape index (κ3) is 1.87. The lowest BCUT2D eigenvalue weighted by Gasteiger charge is -2.32. The van der Waals surface area contributed by atoms with Crippen molar-refractivity contribution in [2.45, 2.75) is 19.8 Å². The molecule has 5 rings (SSSR count). The number of rotatable bonds is 2. The van der Waals surface area contributed by atoms with Gasteiger partial charge in [0.15, 0.2) is 28.8 Å². The van der Waals surface area contributed by atoms with E-state index in [1.54, 1.807) is 25.1 Å². The molecule has 1 aliphatic carbocycles. The number of hydrogen-bond acceptors (Lipinski definition) is 6. The molecule has 6 nitrogen and oxygen atoms in total. The average molecular weight is 352 g/mol. The van der Waals surface area contributed by atoms with Crippen molar-refractivity contribution >= 4 is 11.6 Å². The van der Waals surface area contributed by atoms with Crippen LogP contribution in [0.2, 0.25) is 0 Å². The summed E-state index contributed by atoms with van der Waals surface area (Å²) in [6, 6.07) is 7.12. The fourth-order valence-corrected chi connectivity index (χ4v) is 4.03. The summed E-state index contributed by atoms with van der Waals surface area (Å²) in [5.41, 5.74) is 2.48. The molecule has 2 aromatic carbocycles. The van der Waals surface area contributed by atoms with E-state index in [1.807, 2.05) is 13.0 Å². The number of fused-ring (bicyclic) bond motifs is 6. The Balaban J connectivity index is 1.83. The molecule has 132 valence electrons. The largest absolute Gasteiger partial charge is 0.454 e. The highest BCUT2D eigenvalue weighted by molar-refractivity contribution is 6.15. The number of hydrogen-bond donors (Lipinski definition) is 0. The zero-order chi connectivity index (χ0) is 18.0. The van der Waals surface area contributed by atoms with E-state index < -0.39 is 0 Å². The van der Waals surface area contributed by atoms with E-state index in [-0.39, 0.29) is 37.0 Å². The minimum atomic E-state index is -0.336. The van der Waals surface area contributed by atoms with Gasteiger partial charge in [-0.25, -0.2) is 0 Å². The molecule has 0 N–H and O–H groups in total. The van der Waals surface area contributed by atoms with Gasteiger partial charge in [0.05, 0.1) is 5.56 Å².